The number of aromatic nitrogens is 1. The number of halogens is 5. The van der Waals surface area contributed by atoms with Crippen LogP contribution < -0.4 is 0 Å². The van der Waals surface area contributed by atoms with E-state index in [0.29, 0.717) is 0 Å². The first-order valence-electron chi connectivity index (χ1n) is 1.32. The van der Waals surface area contributed by atoms with Gasteiger partial charge in [0.2, 0.25) is 0 Å². The van der Waals surface area contributed by atoms with E-state index in [2.05, 4.69) is 4.98 Å². The van der Waals surface area contributed by atoms with Crippen LogP contribution in [0.3, 0.4) is 0 Å². The Kier molecular flexibility index (Phi) is 68.5. The average molecular weight is 267 g/mol. The molecule has 1 aromatic rings. The summed E-state index contributed by atoms with van der Waals surface area (Å²) in [5.74, 6) is 0. The summed E-state index contributed by atoms with van der Waals surface area (Å²) in [4.78, 5) is 3.74. The third-order valence-electron chi connectivity index (χ3n) is 0.347. The van der Waals surface area contributed by atoms with Gasteiger partial charge in [0.05, 0.1) is 5.51 Å². The number of hydrogen-bond acceptors (Lipinski definition) is 2. The Labute approximate surface area is 95.1 Å². The Morgan fingerprint density at radius 2 is 1.40 bits per heavy atom. The first-order valence-corrected chi connectivity index (χ1v) is 2.26. The van der Waals surface area contributed by atoms with Gasteiger partial charge in [0, 0.05) is 11.6 Å². The number of nitrogens with zero attached hydrogens (tertiary/aromatic N) is 1. The highest BCUT2D eigenvalue weighted by molar-refractivity contribution is 7.07. The van der Waals surface area contributed by atoms with Gasteiger partial charge in [-0.3, -0.25) is 4.98 Å². The summed E-state index contributed by atoms with van der Waals surface area (Å²) in [6.45, 7) is 0. The molecular formula is C3H8Cl5NS. The fraction of sp³-hybridized carbons (Fsp3) is 0. The van der Waals surface area contributed by atoms with Crippen LogP contribution in [-0.4, -0.2) is 4.98 Å². The molecule has 1 heterocycles. The topological polar surface area (TPSA) is 12.9 Å². The summed E-state index contributed by atoms with van der Waals surface area (Å²) < 4.78 is 0. The van der Waals surface area contributed by atoms with Gasteiger partial charge in [-0.1, -0.05) is 0 Å². The fourth-order valence-corrected chi connectivity index (χ4v) is 0.527. The van der Waals surface area contributed by atoms with Crippen molar-refractivity contribution in [1.82, 2.24) is 4.98 Å². The van der Waals surface area contributed by atoms with Gasteiger partial charge < -0.3 is 0 Å². The van der Waals surface area contributed by atoms with Crippen molar-refractivity contribution in [3.8, 4) is 0 Å². The molecule has 0 fully saturated rings. The van der Waals surface area contributed by atoms with E-state index in [9.17, 15) is 0 Å². The molecule has 0 atom stereocenters. The van der Waals surface area contributed by atoms with Crippen LogP contribution in [0.2, 0.25) is 0 Å². The Morgan fingerprint density at radius 3 is 1.50 bits per heavy atom. The van der Waals surface area contributed by atoms with Gasteiger partial charge in [-0.25, -0.2) is 0 Å². The van der Waals surface area contributed by atoms with E-state index >= 15 is 0 Å². The predicted octanol–water partition coefficient (Wildman–Crippen LogP) is 3.25. The van der Waals surface area contributed by atoms with Crippen molar-refractivity contribution in [2.24, 2.45) is 0 Å². The lowest BCUT2D eigenvalue weighted by Crippen LogP contribution is -1.38. The summed E-state index contributed by atoms with van der Waals surface area (Å²) >= 11 is 1.60. The van der Waals surface area contributed by atoms with Crippen molar-refractivity contribution in [3.05, 3.63) is 17.1 Å². The SMILES string of the molecule is Cl.Cl.Cl.Cl.Cl.c1cscn1. The minimum atomic E-state index is 0. The first-order chi connectivity index (χ1) is 2.50. The third kappa shape index (κ3) is 16.0. The molecule has 1 aromatic heterocycles. The molecule has 0 radical (unpaired) electrons. The van der Waals surface area contributed by atoms with Crippen LogP contribution >= 0.6 is 73.4 Å². The van der Waals surface area contributed by atoms with E-state index in [-0.39, 0.29) is 62.0 Å². The molecule has 1 nitrogen and oxygen atoms in total. The van der Waals surface area contributed by atoms with Crippen molar-refractivity contribution >= 4 is 73.4 Å². The largest absolute Gasteiger partial charge is 0.253 e. The second kappa shape index (κ2) is 22.5. The Bertz CT molecular complexity index is 73.4. The molecule has 0 aliphatic heterocycles. The van der Waals surface area contributed by atoms with Crippen molar-refractivity contribution < 1.29 is 0 Å². The molecule has 10 heavy (non-hydrogen) atoms. The second-order valence-electron chi connectivity index (χ2n) is 0.676. The Balaban J connectivity index is -0.0000000167. The van der Waals surface area contributed by atoms with Gasteiger partial charge in [0.25, 0.3) is 0 Å². The maximum atomic E-state index is 3.74. The molecule has 0 N–H and O–H groups in total. The molecule has 0 aromatic carbocycles. The highest BCUT2D eigenvalue weighted by Gasteiger charge is 1.59. The van der Waals surface area contributed by atoms with Crippen LogP contribution in [0.15, 0.2) is 17.1 Å². The average Bonchev–Trinajstić information content (AvgIpc) is 1.76. The summed E-state index contributed by atoms with van der Waals surface area (Å²) in [6.07, 6.45) is 1.77. The number of thiazole rings is 1. The van der Waals surface area contributed by atoms with E-state index in [0.717, 1.165) is 0 Å². The van der Waals surface area contributed by atoms with E-state index < -0.39 is 0 Å². The summed E-state index contributed by atoms with van der Waals surface area (Å²) in [7, 11) is 0. The van der Waals surface area contributed by atoms with Crippen LogP contribution in [0, 0.1) is 0 Å². The first kappa shape index (κ1) is 30.5. The van der Waals surface area contributed by atoms with Crippen molar-refractivity contribution in [2.75, 3.05) is 0 Å². The van der Waals surface area contributed by atoms with Crippen LogP contribution in [0.25, 0.3) is 0 Å². The molecule has 0 saturated heterocycles. The predicted molar refractivity (Wildman–Crippen MR) is 58.4 cm³/mol. The molecule has 0 aliphatic carbocycles. The van der Waals surface area contributed by atoms with E-state index in [1.54, 1.807) is 23.0 Å². The summed E-state index contributed by atoms with van der Waals surface area (Å²) in [6, 6.07) is 0. The molecule has 0 unspecified atom stereocenters. The van der Waals surface area contributed by atoms with Gasteiger partial charge >= 0.3 is 0 Å². The smallest absolute Gasteiger partial charge is 0.0791 e. The molecule has 0 aliphatic rings. The summed E-state index contributed by atoms with van der Waals surface area (Å²) in [5, 5.41) is 1.93. The molecule has 0 bridgehead atoms. The van der Waals surface area contributed by atoms with Gasteiger partial charge in [-0.15, -0.1) is 73.4 Å². The zero-order chi connectivity index (χ0) is 3.54. The second-order valence-corrected chi connectivity index (χ2v) is 1.43. The zero-order valence-electron chi connectivity index (χ0n) is 4.63. The minimum Gasteiger partial charge on any atom is -0.253 e. The standard InChI is InChI=1S/C3H3NS.5ClH/c1-2-5-3-4-1;;;;;/h1-3H;5*1H. The Hall–Kier alpha value is 1.08. The van der Waals surface area contributed by atoms with Gasteiger partial charge in [0.15, 0.2) is 0 Å². The molecule has 0 saturated carbocycles. The monoisotopic (exact) mass is 265 g/mol. The van der Waals surface area contributed by atoms with E-state index in [1.807, 2.05) is 5.38 Å². The number of hydrogen-bond donors (Lipinski definition) is 0. The van der Waals surface area contributed by atoms with Crippen LogP contribution in [0.5, 0.6) is 0 Å². The summed E-state index contributed by atoms with van der Waals surface area (Å²) in [5.41, 5.74) is 1.79. The molecule has 0 amide bonds. The van der Waals surface area contributed by atoms with Gasteiger partial charge in [-0.2, -0.15) is 0 Å². The normalized spacial score (nSPS) is 4.00. The van der Waals surface area contributed by atoms with Crippen LogP contribution in [0.4, 0.5) is 0 Å². The van der Waals surface area contributed by atoms with E-state index in [1.165, 1.54) is 0 Å². The zero-order valence-corrected chi connectivity index (χ0v) is 9.53. The maximum Gasteiger partial charge on any atom is 0.0791 e. The van der Waals surface area contributed by atoms with Gasteiger partial charge in [-0.05, 0) is 0 Å². The fourth-order valence-electron chi connectivity index (χ4n) is 0.176. The molecule has 66 valence electrons. The molecule has 1 rings (SSSR count). The van der Waals surface area contributed by atoms with Crippen LogP contribution in [0.1, 0.15) is 0 Å². The quantitative estimate of drug-likeness (QED) is 0.703. The lowest BCUT2D eigenvalue weighted by atomic mass is 11.0. The van der Waals surface area contributed by atoms with Crippen molar-refractivity contribution in [2.45, 2.75) is 0 Å². The Morgan fingerprint density at radius 1 is 0.900 bits per heavy atom. The van der Waals surface area contributed by atoms with E-state index in [4.69, 9.17) is 0 Å². The van der Waals surface area contributed by atoms with Crippen molar-refractivity contribution in [1.29, 1.82) is 0 Å². The minimum absolute atomic E-state index is 0. The molecular weight excluding hydrogens is 259 g/mol. The van der Waals surface area contributed by atoms with Crippen LogP contribution in [-0.2, 0) is 0 Å². The lowest BCUT2D eigenvalue weighted by molar-refractivity contribution is 1.43. The maximum absolute atomic E-state index is 3.74. The highest BCUT2D eigenvalue weighted by Crippen LogP contribution is 1.85. The molecule has 7 heteroatoms. The molecule has 0 spiro atoms. The third-order valence-corrected chi connectivity index (χ3v) is 0.869. The number of rotatable bonds is 0. The highest BCUT2D eigenvalue weighted by atomic mass is 35.5. The van der Waals surface area contributed by atoms with Crippen molar-refractivity contribution in [3.63, 3.8) is 0 Å². The lowest BCUT2D eigenvalue weighted by Gasteiger charge is -1.41. The van der Waals surface area contributed by atoms with Gasteiger partial charge in [0.1, 0.15) is 0 Å².